The summed E-state index contributed by atoms with van der Waals surface area (Å²) in [6.45, 7) is 4.53. The standard InChI is InChI=1S/C19H20ClNO3/c1-13(2)15-9-6-7-11-17(15)24-12-14-8-4-5-10-16(14)18(19(20)22)21-23-3/h4-11,13H,12H2,1-3H3/b21-18+. The van der Waals surface area contributed by atoms with Crippen molar-refractivity contribution in [3.8, 4) is 5.75 Å². The lowest BCUT2D eigenvalue weighted by atomic mass is 10.0. The Kier molecular flexibility index (Phi) is 6.38. The second-order valence-electron chi connectivity index (χ2n) is 5.53. The monoisotopic (exact) mass is 345 g/mol. The molecule has 0 heterocycles. The molecule has 0 radical (unpaired) electrons. The first kappa shape index (κ1) is 18.0. The van der Waals surface area contributed by atoms with Gasteiger partial charge in [-0.3, -0.25) is 4.79 Å². The first-order valence-corrected chi connectivity index (χ1v) is 8.03. The average molecular weight is 346 g/mol. The van der Waals surface area contributed by atoms with Crippen molar-refractivity contribution in [2.75, 3.05) is 7.11 Å². The Morgan fingerprint density at radius 2 is 1.79 bits per heavy atom. The largest absolute Gasteiger partial charge is 0.489 e. The SMILES string of the molecule is CO/N=C(/C(=O)Cl)c1ccccc1COc1ccccc1C(C)C. The molecule has 0 spiro atoms. The zero-order valence-corrected chi connectivity index (χ0v) is 14.7. The van der Waals surface area contributed by atoms with Crippen molar-refractivity contribution >= 4 is 22.6 Å². The summed E-state index contributed by atoms with van der Waals surface area (Å²) in [5.74, 6) is 1.18. The Hall–Kier alpha value is -2.33. The first-order valence-electron chi connectivity index (χ1n) is 7.65. The van der Waals surface area contributed by atoms with Gasteiger partial charge in [0.15, 0.2) is 5.71 Å². The van der Waals surface area contributed by atoms with E-state index in [9.17, 15) is 4.79 Å². The van der Waals surface area contributed by atoms with Crippen molar-refractivity contribution in [3.63, 3.8) is 0 Å². The maximum Gasteiger partial charge on any atom is 0.274 e. The number of hydrogen-bond acceptors (Lipinski definition) is 4. The lowest BCUT2D eigenvalue weighted by Crippen LogP contribution is -2.14. The van der Waals surface area contributed by atoms with Crippen LogP contribution in [-0.4, -0.2) is 18.1 Å². The Bertz CT molecular complexity index is 741. The number of halogens is 1. The predicted octanol–water partition coefficient (Wildman–Crippen LogP) is 4.50. The van der Waals surface area contributed by atoms with Crippen LogP contribution < -0.4 is 4.74 Å². The molecule has 0 saturated carbocycles. The van der Waals surface area contributed by atoms with Gasteiger partial charge in [-0.1, -0.05) is 61.5 Å². The molecule has 0 N–H and O–H groups in total. The van der Waals surface area contributed by atoms with Crippen molar-refractivity contribution in [1.29, 1.82) is 0 Å². The second-order valence-corrected chi connectivity index (χ2v) is 5.88. The smallest absolute Gasteiger partial charge is 0.274 e. The fraction of sp³-hybridized carbons (Fsp3) is 0.263. The summed E-state index contributed by atoms with van der Waals surface area (Å²) in [6.07, 6.45) is 0. The summed E-state index contributed by atoms with van der Waals surface area (Å²) in [4.78, 5) is 16.3. The maximum atomic E-state index is 11.6. The van der Waals surface area contributed by atoms with E-state index in [1.807, 2.05) is 42.5 Å². The number of carbonyl (C=O) groups is 1. The van der Waals surface area contributed by atoms with Crippen molar-refractivity contribution in [3.05, 3.63) is 65.2 Å². The minimum atomic E-state index is -0.674. The van der Waals surface area contributed by atoms with E-state index in [2.05, 4.69) is 19.0 Å². The van der Waals surface area contributed by atoms with E-state index < -0.39 is 5.24 Å². The van der Waals surface area contributed by atoms with Crippen molar-refractivity contribution < 1.29 is 14.4 Å². The van der Waals surface area contributed by atoms with Gasteiger partial charge in [0.1, 0.15) is 19.5 Å². The highest BCUT2D eigenvalue weighted by Crippen LogP contribution is 2.27. The topological polar surface area (TPSA) is 47.9 Å². The predicted molar refractivity (Wildman–Crippen MR) is 95.7 cm³/mol. The number of benzene rings is 2. The fourth-order valence-corrected chi connectivity index (χ4v) is 2.54. The molecule has 0 fully saturated rings. The van der Waals surface area contributed by atoms with Crippen LogP contribution >= 0.6 is 11.6 Å². The molecule has 0 aromatic heterocycles. The summed E-state index contributed by atoms with van der Waals surface area (Å²) in [5, 5.41) is 3.06. The van der Waals surface area contributed by atoms with Crippen molar-refractivity contribution in [1.82, 2.24) is 0 Å². The molecule has 24 heavy (non-hydrogen) atoms. The molecule has 0 atom stereocenters. The van der Waals surface area contributed by atoms with Gasteiger partial charge in [-0.2, -0.15) is 0 Å². The molecule has 5 heteroatoms. The number of nitrogens with zero attached hydrogens (tertiary/aromatic N) is 1. The Morgan fingerprint density at radius 3 is 2.46 bits per heavy atom. The molecule has 0 saturated heterocycles. The third-order valence-corrected chi connectivity index (χ3v) is 3.74. The van der Waals surface area contributed by atoms with Gasteiger partial charge in [0.05, 0.1) is 0 Å². The molecule has 2 aromatic rings. The summed E-state index contributed by atoms with van der Waals surface area (Å²) < 4.78 is 5.98. The molecule has 0 aliphatic carbocycles. The molecular weight excluding hydrogens is 326 g/mol. The molecule has 0 bridgehead atoms. The van der Waals surface area contributed by atoms with Crippen molar-refractivity contribution in [2.45, 2.75) is 26.4 Å². The summed E-state index contributed by atoms with van der Waals surface area (Å²) in [6, 6.07) is 15.2. The lowest BCUT2D eigenvalue weighted by molar-refractivity contribution is -0.106. The van der Waals surface area contributed by atoms with Crippen LogP contribution in [0.15, 0.2) is 53.7 Å². The highest BCUT2D eigenvalue weighted by molar-refractivity contribution is 6.84. The van der Waals surface area contributed by atoms with E-state index in [1.54, 1.807) is 6.07 Å². The Labute approximate surface area is 147 Å². The minimum absolute atomic E-state index is 0.0653. The van der Waals surface area contributed by atoms with Gasteiger partial charge in [0.2, 0.25) is 0 Å². The molecule has 2 aromatic carbocycles. The van der Waals surface area contributed by atoms with Crippen LogP contribution in [0, 0.1) is 0 Å². The molecule has 0 amide bonds. The van der Waals surface area contributed by atoms with Gasteiger partial charge in [0, 0.05) is 5.56 Å². The summed E-state index contributed by atoms with van der Waals surface area (Å²) >= 11 is 5.62. The van der Waals surface area contributed by atoms with Crippen LogP contribution in [0.25, 0.3) is 0 Å². The van der Waals surface area contributed by atoms with Crippen LogP contribution in [-0.2, 0) is 16.2 Å². The van der Waals surface area contributed by atoms with Gasteiger partial charge in [-0.05, 0) is 34.7 Å². The van der Waals surface area contributed by atoms with E-state index >= 15 is 0 Å². The van der Waals surface area contributed by atoms with E-state index in [-0.39, 0.29) is 5.71 Å². The molecule has 0 unspecified atom stereocenters. The Morgan fingerprint density at radius 1 is 1.12 bits per heavy atom. The molecule has 0 aliphatic rings. The maximum absolute atomic E-state index is 11.6. The molecule has 2 rings (SSSR count). The van der Waals surface area contributed by atoms with Crippen LogP contribution in [0.3, 0.4) is 0 Å². The third kappa shape index (κ3) is 4.36. The van der Waals surface area contributed by atoms with Crippen LogP contribution in [0.1, 0.15) is 36.5 Å². The molecular formula is C19H20ClNO3. The normalized spacial score (nSPS) is 11.5. The van der Waals surface area contributed by atoms with Crippen LogP contribution in [0.4, 0.5) is 0 Å². The second kappa shape index (κ2) is 8.50. The van der Waals surface area contributed by atoms with E-state index in [0.717, 1.165) is 16.9 Å². The van der Waals surface area contributed by atoms with Gasteiger partial charge < -0.3 is 9.57 Å². The van der Waals surface area contributed by atoms with E-state index in [4.69, 9.17) is 21.2 Å². The zero-order valence-electron chi connectivity index (χ0n) is 14.0. The van der Waals surface area contributed by atoms with E-state index in [0.29, 0.717) is 18.1 Å². The number of para-hydroxylation sites is 1. The van der Waals surface area contributed by atoms with Gasteiger partial charge in [-0.15, -0.1) is 0 Å². The fourth-order valence-electron chi connectivity index (χ4n) is 2.40. The van der Waals surface area contributed by atoms with Crippen LogP contribution in [0.5, 0.6) is 5.75 Å². The highest BCUT2D eigenvalue weighted by atomic mass is 35.5. The lowest BCUT2D eigenvalue weighted by Gasteiger charge is -2.15. The van der Waals surface area contributed by atoms with Gasteiger partial charge >= 0.3 is 0 Å². The zero-order chi connectivity index (χ0) is 17.5. The van der Waals surface area contributed by atoms with Gasteiger partial charge in [-0.25, -0.2) is 0 Å². The molecule has 0 aliphatic heterocycles. The highest BCUT2D eigenvalue weighted by Gasteiger charge is 2.17. The van der Waals surface area contributed by atoms with E-state index in [1.165, 1.54) is 7.11 Å². The van der Waals surface area contributed by atoms with Gasteiger partial charge in [0.25, 0.3) is 5.24 Å². The minimum Gasteiger partial charge on any atom is -0.489 e. The number of rotatable bonds is 7. The number of oxime groups is 1. The quantitative estimate of drug-likeness (QED) is 0.421. The number of hydrogen-bond donors (Lipinski definition) is 0. The Balaban J connectivity index is 2.29. The summed E-state index contributed by atoms with van der Waals surface area (Å²) in [7, 11) is 1.37. The number of ether oxygens (including phenoxy) is 1. The van der Waals surface area contributed by atoms with Crippen LogP contribution in [0.2, 0.25) is 0 Å². The van der Waals surface area contributed by atoms with Crippen molar-refractivity contribution in [2.24, 2.45) is 5.16 Å². The third-order valence-electron chi connectivity index (χ3n) is 3.57. The first-order chi connectivity index (χ1) is 11.5. The molecule has 126 valence electrons. The number of carbonyl (C=O) groups excluding carboxylic acids is 1. The molecule has 4 nitrogen and oxygen atoms in total. The average Bonchev–Trinajstić information content (AvgIpc) is 2.58. The summed E-state index contributed by atoms with van der Waals surface area (Å²) in [5.41, 5.74) is 2.60.